The summed E-state index contributed by atoms with van der Waals surface area (Å²) < 4.78 is 23.1. The second-order valence-corrected chi connectivity index (χ2v) is 7.19. The Morgan fingerprint density at radius 1 is 1.09 bits per heavy atom. The highest BCUT2D eigenvalue weighted by Gasteiger charge is 2.26. The summed E-state index contributed by atoms with van der Waals surface area (Å²) in [4.78, 5) is 6.58. The molecule has 4 rings (SSSR count). The molecule has 3 heteroatoms. The van der Waals surface area contributed by atoms with Gasteiger partial charge in [-0.05, 0) is 56.5 Å². The molecule has 1 unspecified atom stereocenters. The van der Waals surface area contributed by atoms with Crippen LogP contribution in [0.25, 0.3) is 0 Å². The van der Waals surface area contributed by atoms with Gasteiger partial charge in [-0.3, -0.25) is 0 Å². The van der Waals surface area contributed by atoms with Crippen LogP contribution in [0.1, 0.15) is 17.0 Å². The first-order valence-corrected chi connectivity index (χ1v) is 8.72. The summed E-state index contributed by atoms with van der Waals surface area (Å²) in [5, 5.41) is 0. The number of piperidine rings is 1. The van der Waals surface area contributed by atoms with Crippen LogP contribution in [-0.4, -0.2) is 31.5 Å². The topological polar surface area (TPSA) is 6.48 Å². The molecule has 0 aliphatic carbocycles. The lowest BCUT2D eigenvalue weighted by Gasteiger charge is -2.38. The van der Waals surface area contributed by atoms with Gasteiger partial charge in [0.25, 0.3) is 0 Å². The van der Waals surface area contributed by atoms with Crippen LogP contribution in [-0.2, 0) is 0 Å². The fourth-order valence-electron chi connectivity index (χ4n) is 3.45. The van der Waals surface area contributed by atoms with E-state index in [4.69, 9.17) is 4.11 Å². The molecule has 0 saturated carbocycles. The van der Waals surface area contributed by atoms with Crippen LogP contribution in [0, 0.1) is 5.92 Å². The molecular weight excluding hydrogens is 288 g/mol. The Labute approximate surface area is 141 Å². The summed E-state index contributed by atoms with van der Waals surface area (Å²) in [5.74, 6) is 0.360. The van der Waals surface area contributed by atoms with Gasteiger partial charge >= 0.3 is 0 Å². The Morgan fingerprint density at radius 2 is 1.77 bits per heavy atom. The van der Waals surface area contributed by atoms with Crippen LogP contribution in [0.4, 0.5) is 11.4 Å². The first-order valence-electron chi connectivity index (χ1n) is 9.41. The molecule has 2 heterocycles. The van der Waals surface area contributed by atoms with E-state index in [1.165, 1.54) is 21.2 Å². The van der Waals surface area contributed by atoms with E-state index in [-0.39, 0.29) is 0 Å². The highest BCUT2D eigenvalue weighted by molar-refractivity contribution is 7.99. The summed E-state index contributed by atoms with van der Waals surface area (Å²) >= 11 is 1.81. The molecular formula is C19H22N2S. The van der Waals surface area contributed by atoms with Crippen molar-refractivity contribution in [3.63, 3.8) is 0 Å². The first-order chi connectivity index (χ1) is 12.0. The van der Waals surface area contributed by atoms with E-state index in [0.29, 0.717) is 19.0 Å². The fraction of sp³-hybridized carbons (Fsp3) is 0.368. The fourth-order valence-corrected chi connectivity index (χ4v) is 4.55. The van der Waals surface area contributed by atoms with Gasteiger partial charge in [-0.25, -0.2) is 0 Å². The van der Waals surface area contributed by atoms with Gasteiger partial charge in [-0.15, -0.1) is 0 Å². The molecule has 114 valence electrons. The average Bonchev–Trinajstić information content (AvgIpc) is 2.61. The molecule has 0 amide bonds. The van der Waals surface area contributed by atoms with Gasteiger partial charge in [-0.2, -0.15) is 0 Å². The number of para-hydroxylation sites is 2. The van der Waals surface area contributed by atoms with E-state index in [0.717, 1.165) is 19.4 Å². The van der Waals surface area contributed by atoms with Gasteiger partial charge in [-0.1, -0.05) is 36.0 Å². The molecule has 0 bridgehead atoms. The van der Waals surface area contributed by atoms with E-state index in [2.05, 4.69) is 53.4 Å². The molecule has 2 aliphatic heterocycles. The number of anilines is 2. The monoisotopic (exact) mass is 313 g/mol. The summed E-state index contributed by atoms with van der Waals surface area (Å²) in [6.45, 7) is 0.202. The largest absolute Gasteiger partial charge is 0.339 e. The Bertz CT molecular complexity index is 717. The highest BCUT2D eigenvalue weighted by Crippen LogP contribution is 2.48. The van der Waals surface area contributed by atoms with E-state index in [1.807, 2.05) is 11.8 Å². The van der Waals surface area contributed by atoms with Gasteiger partial charge < -0.3 is 9.80 Å². The van der Waals surface area contributed by atoms with Crippen LogP contribution >= 0.6 is 11.8 Å². The lowest BCUT2D eigenvalue weighted by molar-refractivity contribution is 0.214. The molecule has 2 nitrogen and oxygen atoms in total. The summed E-state index contributed by atoms with van der Waals surface area (Å²) in [5.41, 5.74) is 2.47. The van der Waals surface area contributed by atoms with Crippen molar-refractivity contribution in [2.75, 3.05) is 31.5 Å². The predicted octanol–water partition coefficient (Wildman–Crippen LogP) is 4.63. The molecule has 0 radical (unpaired) electrons. The Hall–Kier alpha value is -1.45. The van der Waals surface area contributed by atoms with Crippen molar-refractivity contribution >= 4 is 23.1 Å². The van der Waals surface area contributed by atoms with Gasteiger partial charge in [0.2, 0.25) is 0 Å². The molecule has 2 aliphatic rings. The van der Waals surface area contributed by atoms with Gasteiger partial charge in [0, 0.05) is 27.0 Å². The zero-order valence-electron chi connectivity index (χ0n) is 15.5. The molecule has 1 saturated heterocycles. The number of nitrogens with zero attached hydrogens (tertiary/aromatic N) is 2. The molecule has 0 aromatic heterocycles. The van der Waals surface area contributed by atoms with E-state index in [9.17, 15) is 0 Å². The molecule has 0 spiro atoms. The number of benzene rings is 2. The standard InChI is InChI=1S/C19H22N2S/c1-20-12-6-7-15(13-20)14-21-16-8-2-4-10-18(16)22-19-11-5-3-9-17(19)21/h2-5,8-11,15H,6-7,12-14H2,1H3/i1D3. The van der Waals surface area contributed by atoms with E-state index < -0.39 is 6.98 Å². The number of fused-ring (bicyclic) bond motifs is 2. The molecule has 1 fully saturated rings. The summed E-state index contributed by atoms with van der Waals surface area (Å²) in [6.07, 6.45) is 2.04. The van der Waals surface area contributed by atoms with Crippen LogP contribution in [0.3, 0.4) is 0 Å². The van der Waals surface area contributed by atoms with Crippen molar-refractivity contribution in [2.24, 2.45) is 5.92 Å². The van der Waals surface area contributed by atoms with Gasteiger partial charge in [0.1, 0.15) is 0 Å². The predicted molar refractivity (Wildman–Crippen MR) is 94.2 cm³/mol. The zero-order valence-corrected chi connectivity index (χ0v) is 13.4. The van der Waals surface area contributed by atoms with Gasteiger partial charge in [0.05, 0.1) is 11.4 Å². The van der Waals surface area contributed by atoms with E-state index in [1.54, 1.807) is 4.90 Å². The minimum Gasteiger partial charge on any atom is -0.339 e. The number of hydrogen-bond donors (Lipinski definition) is 0. The maximum absolute atomic E-state index is 7.71. The van der Waals surface area contributed by atoms with Gasteiger partial charge in [0.15, 0.2) is 0 Å². The van der Waals surface area contributed by atoms with Crippen LogP contribution in [0.15, 0.2) is 58.3 Å². The van der Waals surface area contributed by atoms with Crippen molar-refractivity contribution < 1.29 is 4.11 Å². The Kier molecular flexibility index (Phi) is 3.03. The Balaban J connectivity index is 1.62. The van der Waals surface area contributed by atoms with Crippen molar-refractivity contribution in [1.29, 1.82) is 0 Å². The number of likely N-dealkylation sites (tertiary alicyclic amines) is 1. The normalized spacial score (nSPS) is 23.9. The zero-order chi connectivity index (χ0) is 17.4. The average molecular weight is 313 g/mol. The van der Waals surface area contributed by atoms with E-state index >= 15 is 0 Å². The van der Waals surface area contributed by atoms with Crippen molar-refractivity contribution in [3.05, 3.63) is 48.5 Å². The maximum Gasteiger partial charge on any atom is 0.0552 e. The third kappa shape index (κ3) is 2.64. The van der Waals surface area contributed by atoms with Crippen LogP contribution < -0.4 is 4.90 Å². The van der Waals surface area contributed by atoms with Crippen LogP contribution in [0.2, 0.25) is 0 Å². The molecule has 22 heavy (non-hydrogen) atoms. The van der Waals surface area contributed by atoms with Crippen molar-refractivity contribution in [1.82, 2.24) is 4.90 Å². The quantitative estimate of drug-likeness (QED) is 0.798. The van der Waals surface area contributed by atoms with Crippen molar-refractivity contribution in [3.8, 4) is 0 Å². The first kappa shape index (κ1) is 11.1. The summed E-state index contributed by atoms with van der Waals surface area (Å²) in [7, 11) is 0. The second kappa shape index (κ2) is 5.98. The molecule has 0 N–H and O–H groups in total. The highest BCUT2D eigenvalue weighted by atomic mass is 32.2. The smallest absolute Gasteiger partial charge is 0.0552 e. The summed E-state index contributed by atoms with van der Waals surface area (Å²) in [6, 6.07) is 17.0. The molecule has 2 aromatic rings. The lowest BCUT2D eigenvalue weighted by Crippen LogP contribution is -2.38. The number of rotatable bonds is 2. The van der Waals surface area contributed by atoms with Crippen LogP contribution in [0.5, 0.6) is 0 Å². The Morgan fingerprint density at radius 3 is 2.45 bits per heavy atom. The van der Waals surface area contributed by atoms with Crippen molar-refractivity contribution in [2.45, 2.75) is 22.6 Å². The third-order valence-electron chi connectivity index (χ3n) is 4.49. The second-order valence-electron chi connectivity index (χ2n) is 6.10. The molecule has 2 aromatic carbocycles. The molecule has 1 atom stereocenters. The minimum atomic E-state index is -1.98. The lowest BCUT2D eigenvalue weighted by atomic mass is 9.97. The maximum atomic E-state index is 7.71. The number of hydrogen-bond acceptors (Lipinski definition) is 3. The third-order valence-corrected chi connectivity index (χ3v) is 5.62. The SMILES string of the molecule is [2H]C([2H])([2H])N1CCCC(CN2c3ccccc3Sc3ccccc32)C1. The minimum absolute atomic E-state index is 0.360.